The Hall–Kier alpha value is -0.780. The first-order valence-corrected chi connectivity index (χ1v) is 3.73. The quantitative estimate of drug-likeness (QED) is 0.592. The summed E-state index contributed by atoms with van der Waals surface area (Å²) in [5.41, 5.74) is 0. The standard InChI is InChI=1S/C7H9F3O3/c1-12-6(11)4-2-3-13-5(4)7(8,9)10/h4-5H,2-3H2,1H3/t4-,5+/m1/s1. The van der Waals surface area contributed by atoms with Crippen LogP contribution >= 0.6 is 0 Å². The number of carbonyl (C=O) groups is 1. The van der Waals surface area contributed by atoms with Crippen molar-refractivity contribution in [3.05, 3.63) is 0 Å². The predicted octanol–water partition coefficient (Wildman–Crippen LogP) is 1.13. The topological polar surface area (TPSA) is 35.5 Å². The Morgan fingerprint density at radius 1 is 1.54 bits per heavy atom. The third-order valence-electron chi connectivity index (χ3n) is 1.92. The molecule has 0 aromatic rings. The molecule has 1 rings (SSSR count). The molecule has 0 aliphatic carbocycles. The first-order valence-electron chi connectivity index (χ1n) is 3.73. The Labute approximate surface area is 72.8 Å². The predicted molar refractivity (Wildman–Crippen MR) is 35.9 cm³/mol. The van der Waals surface area contributed by atoms with E-state index >= 15 is 0 Å². The second-order valence-corrected chi connectivity index (χ2v) is 2.75. The van der Waals surface area contributed by atoms with Gasteiger partial charge in [0.25, 0.3) is 0 Å². The highest BCUT2D eigenvalue weighted by Crippen LogP contribution is 2.34. The third kappa shape index (κ3) is 2.12. The largest absolute Gasteiger partial charge is 0.469 e. The average Bonchev–Trinajstić information content (AvgIpc) is 2.49. The molecule has 1 fully saturated rings. The van der Waals surface area contributed by atoms with Crippen LogP contribution in [-0.4, -0.2) is 32.0 Å². The van der Waals surface area contributed by atoms with Gasteiger partial charge in [0.1, 0.15) is 0 Å². The summed E-state index contributed by atoms with van der Waals surface area (Å²) in [6.07, 6.45) is -6.42. The molecule has 3 nitrogen and oxygen atoms in total. The van der Waals surface area contributed by atoms with Crippen LogP contribution in [0.5, 0.6) is 0 Å². The van der Waals surface area contributed by atoms with Crippen molar-refractivity contribution in [3.63, 3.8) is 0 Å². The van der Waals surface area contributed by atoms with Gasteiger partial charge < -0.3 is 9.47 Å². The number of halogens is 3. The van der Waals surface area contributed by atoms with Crippen LogP contribution in [0.2, 0.25) is 0 Å². The maximum atomic E-state index is 12.2. The van der Waals surface area contributed by atoms with E-state index in [4.69, 9.17) is 0 Å². The molecule has 13 heavy (non-hydrogen) atoms. The highest BCUT2D eigenvalue weighted by atomic mass is 19.4. The maximum absolute atomic E-state index is 12.2. The molecule has 0 aromatic carbocycles. The molecule has 0 aromatic heterocycles. The van der Waals surface area contributed by atoms with Gasteiger partial charge in [0.05, 0.1) is 13.0 Å². The SMILES string of the molecule is COC(=O)[C@@H]1CCO[C@@H]1C(F)(F)F. The van der Waals surface area contributed by atoms with Gasteiger partial charge >= 0.3 is 12.1 Å². The molecular weight excluding hydrogens is 189 g/mol. The number of hydrogen-bond donors (Lipinski definition) is 0. The first-order chi connectivity index (χ1) is 5.96. The Balaban J connectivity index is 2.70. The number of hydrogen-bond acceptors (Lipinski definition) is 3. The average molecular weight is 198 g/mol. The van der Waals surface area contributed by atoms with E-state index in [2.05, 4.69) is 9.47 Å². The zero-order valence-electron chi connectivity index (χ0n) is 6.93. The summed E-state index contributed by atoms with van der Waals surface area (Å²) in [6.45, 7) is -0.0516. The molecule has 0 spiro atoms. The summed E-state index contributed by atoms with van der Waals surface area (Å²) in [7, 11) is 1.06. The minimum absolute atomic E-state index is 0.0516. The Kier molecular flexibility index (Phi) is 2.80. The molecular formula is C7H9F3O3. The summed E-state index contributed by atoms with van der Waals surface area (Å²) in [5, 5.41) is 0. The van der Waals surface area contributed by atoms with Crippen molar-refractivity contribution < 1.29 is 27.4 Å². The lowest BCUT2D eigenvalue weighted by molar-refractivity contribution is -0.219. The highest BCUT2D eigenvalue weighted by Gasteiger charge is 2.51. The van der Waals surface area contributed by atoms with Crippen molar-refractivity contribution in [2.24, 2.45) is 5.92 Å². The van der Waals surface area contributed by atoms with Crippen LogP contribution in [0.4, 0.5) is 13.2 Å². The van der Waals surface area contributed by atoms with Crippen molar-refractivity contribution in [2.45, 2.75) is 18.7 Å². The van der Waals surface area contributed by atoms with E-state index in [0.717, 1.165) is 7.11 Å². The van der Waals surface area contributed by atoms with E-state index in [1.807, 2.05) is 0 Å². The number of methoxy groups -OCH3 is 1. The number of ether oxygens (including phenoxy) is 2. The molecule has 1 aliphatic rings. The minimum atomic E-state index is -4.49. The van der Waals surface area contributed by atoms with Crippen molar-refractivity contribution in [1.82, 2.24) is 0 Å². The molecule has 0 amide bonds. The molecule has 0 bridgehead atoms. The molecule has 0 N–H and O–H groups in total. The van der Waals surface area contributed by atoms with Crippen LogP contribution < -0.4 is 0 Å². The van der Waals surface area contributed by atoms with Crippen molar-refractivity contribution >= 4 is 5.97 Å². The summed E-state index contributed by atoms with van der Waals surface area (Å²) in [5.74, 6) is -2.06. The molecule has 1 aliphatic heterocycles. The van der Waals surface area contributed by atoms with E-state index in [-0.39, 0.29) is 13.0 Å². The monoisotopic (exact) mass is 198 g/mol. The molecule has 6 heteroatoms. The molecule has 0 unspecified atom stereocenters. The summed E-state index contributed by atoms with van der Waals surface area (Å²) >= 11 is 0. The van der Waals surface area contributed by atoms with E-state index in [1.165, 1.54) is 0 Å². The van der Waals surface area contributed by atoms with Crippen molar-refractivity contribution in [1.29, 1.82) is 0 Å². The second kappa shape index (κ2) is 3.53. The van der Waals surface area contributed by atoms with Crippen molar-refractivity contribution in [3.8, 4) is 0 Å². The first kappa shape index (κ1) is 10.3. The van der Waals surface area contributed by atoms with Crippen LogP contribution in [0.3, 0.4) is 0 Å². The van der Waals surface area contributed by atoms with E-state index in [9.17, 15) is 18.0 Å². The van der Waals surface area contributed by atoms with Gasteiger partial charge in [-0.2, -0.15) is 13.2 Å². The maximum Gasteiger partial charge on any atom is 0.415 e. The fourth-order valence-electron chi connectivity index (χ4n) is 1.30. The number of rotatable bonds is 1. The van der Waals surface area contributed by atoms with Crippen LogP contribution in [-0.2, 0) is 14.3 Å². The third-order valence-corrected chi connectivity index (χ3v) is 1.92. The Bertz CT molecular complexity index is 202. The van der Waals surface area contributed by atoms with Crippen LogP contribution in [0.1, 0.15) is 6.42 Å². The van der Waals surface area contributed by atoms with Gasteiger partial charge in [0.15, 0.2) is 6.10 Å². The van der Waals surface area contributed by atoms with Gasteiger partial charge in [-0.25, -0.2) is 0 Å². The minimum Gasteiger partial charge on any atom is -0.469 e. The summed E-state index contributed by atoms with van der Waals surface area (Å²) < 4.78 is 45.2. The van der Waals surface area contributed by atoms with Crippen LogP contribution in [0.15, 0.2) is 0 Å². The molecule has 0 saturated carbocycles. The lowest BCUT2D eigenvalue weighted by Gasteiger charge is -2.18. The van der Waals surface area contributed by atoms with Gasteiger partial charge in [-0.05, 0) is 6.42 Å². The zero-order chi connectivity index (χ0) is 10.1. The van der Waals surface area contributed by atoms with Gasteiger partial charge in [-0.15, -0.1) is 0 Å². The summed E-state index contributed by atoms with van der Waals surface area (Å²) in [6, 6.07) is 0. The number of esters is 1. The fraction of sp³-hybridized carbons (Fsp3) is 0.857. The highest BCUT2D eigenvalue weighted by molar-refractivity contribution is 5.73. The fourth-order valence-corrected chi connectivity index (χ4v) is 1.30. The molecule has 76 valence electrons. The molecule has 2 atom stereocenters. The normalized spacial score (nSPS) is 28.9. The summed E-state index contributed by atoms with van der Waals surface area (Å²) in [4.78, 5) is 10.9. The zero-order valence-corrected chi connectivity index (χ0v) is 6.93. The van der Waals surface area contributed by atoms with Crippen LogP contribution in [0.25, 0.3) is 0 Å². The van der Waals surface area contributed by atoms with Gasteiger partial charge in [0.2, 0.25) is 0 Å². The van der Waals surface area contributed by atoms with Gasteiger partial charge in [-0.3, -0.25) is 4.79 Å². The smallest absolute Gasteiger partial charge is 0.415 e. The van der Waals surface area contributed by atoms with E-state index in [0.29, 0.717) is 0 Å². The van der Waals surface area contributed by atoms with Crippen LogP contribution in [0, 0.1) is 5.92 Å². The Morgan fingerprint density at radius 3 is 2.62 bits per heavy atom. The van der Waals surface area contributed by atoms with Gasteiger partial charge in [-0.1, -0.05) is 0 Å². The van der Waals surface area contributed by atoms with Gasteiger partial charge in [0, 0.05) is 6.61 Å². The molecule has 1 saturated heterocycles. The lowest BCUT2D eigenvalue weighted by Crippen LogP contribution is -2.37. The number of alkyl halides is 3. The van der Waals surface area contributed by atoms with E-state index < -0.39 is 24.2 Å². The number of carbonyl (C=O) groups excluding carboxylic acids is 1. The van der Waals surface area contributed by atoms with Crippen molar-refractivity contribution in [2.75, 3.05) is 13.7 Å². The Morgan fingerprint density at radius 2 is 2.15 bits per heavy atom. The molecule has 0 radical (unpaired) electrons. The second-order valence-electron chi connectivity index (χ2n) is 2.75. The lowest BCUT2D eigenvalue weighted by atomic mass is 10.0. The molecule has 1 heterocycles. The van der Waals surface area contributed by atoms with E-state index in [1.54, 1.807) is 0 Å².